The number of likely N-dealkylation sites (N-methyl/N-ethyl adjacent to an activating group) is 1. The van der Waals surface area contributed by atoms with E-state index in [2.05, 4.69) is 57.1 Å². The predicted octanol–water partition coefficient (Wildman–Crippen LogP) is 2.75. The van der Waals surface area contributed by atoms with Crippen molar-refractivity contribution in [1.29, 1.82) is 0 Å². The van der Waals surface area contributed by atoms with Crippen molar-refractivity contribution in [3.63, 3.8) is 0 Å². The van der Waals surface area contributed by atoms with Crippen molar-refractivity contribution in [3.05, 3.63) is 29.8 Å². The van der Waals surface area contributed by atoms with Gasteiger partial charge >= 0.3 is 0 Å². The number of rotatable bonds is 5. The first kappa shape index (κ1) is 13.6. The molecular weight excluding hydrogens is 216 g/mol. The molecule has 1 rings (SSSR count). The number of thioether (sulfide) groups is 1. The molecule has 2 nitrogen and oxygen atoms in total. The van der Waals surface area contributed by atoms with Gasteiger partial charge in [0.15, 0.2) is 0 Å². The van der Waals surface area contributed by atoms with E-state index < -0.39 is 0 Å². The van der Waals surface area contributed by atoms with Gasteiger partial charge < -0.3 is 10.6 Å². The number of hydrogen-bond donors (Lipinski definition) is 1. The molecule has 1 aromatic carbocycles. The van der Waals surface area contributed by atoms with Gasteiger partial charge in [0.1, 0.15) is 0 Å². The van der Waals surface area contributed by atoms with Gasteiger partial charge in [-0.3, -0.25) is 0 Å². The normalized spacial score (nSPS) is 13.4. The van der Waals surface area contributed by atoms with Crippen LogP contribution in [-0.2, 0) is 0 Å². The summed E-state index contributed by atoms with van der Waals surface area (Å²) in [4.78, 5) is 3.48. The first-order valence-electron chi connectivity index (χ1n) is 5.67. The zero-order valence-electron chi connectivity index (χ0n) is 10.6. The third kappa shape index (κ3) is 3.81. The molecule has 90 valence electrons. The highest BCUT2D eigenvalue weighted by atomic mass is 32.2. The maximum absolute atomic E-state index is 5.78. The van der Waals surface area contributed by atoms with E-state index >= 15 is 0 Å². The minimum absolute atomic E-state index is 0.318. The lowest BCUT2D eigenvalue weighted by Gasteiger charge is -2.23. The van der Waals surface area contributed by atoms with Crippen LogP contribution in [0.1, 0.15) is 25.5 Å². The summed E-state index contributed by atoms with van der Waals surface area (Å²) in [5.41, 5.74) is 7.07. The van der Waals surface area contributed by atoms with Gasteiger partial charge in [0.25, 0.3) is 0 Å². The van der Waals surface area contributed by atoms with Gasteiger partial charge in [-0.05, 0) is 31.8 Å². The van der Waals surface area contributed by atoms with Crippen LogP contribution in [0.3, 0.4) is 0 Å². The van der Waals surface area contributed by atoms with Crippen molar-refractivity contribution in [2.75, 3.05) is 20.6 Å². The lowest BCUT2D eigenvalue weighted by molar-refractivity contribution is 0.306. The molecule has 0 heterocycles. The predicted molar refractivity (Wildman–Crippen MR) is 72.9 cm³/mol. The summed E-state index contributed by atoms with van der Waals surface area (Å²) in [6.07, 6.45) is 0. The Morgan fingerprint density at radius 1 is 1.19 bits per heavy atom. The fourth-order valence-electron chi connectivity index (χ4n) is 1.69. The highest BCUT2D eigenvalue weighted by Gasteiger charge is 2.11. The van der Waals surface area contributed by atoms with E-state index in [-0.39, 0.29) is 0 Å². The molecule has 0 aliphatic heterocycles. The van der Waals surface area contributed by atoms with Crippen LogP contribution in [0.25, 0.3) is 0 Å². The first-order valence-corrected chi connectivity index (χ1v) is 6.55. The standard InChI is InChI=1S/C13H22N2S/c1-10(2)16-12-7-5-11(6-8-12)13(9-14)15(3)4/h5-8,10,13H,9,14H2,1-4H3. The lowest BCUT2D eigenvalue weighted by atomic mass is 10.1. The molecule has 0 bridgehead atoms. The molecule has 1 atom stereocenters. The minimum Gasteiger partial charge on any atom is -0.329 e. The van der Waals surface area contributed by atoms with Gasteiger partial charge in [-0.25, -0.2) is 0 Å². The second kappa shape index (κ2) is 6.28. The summed E-state index contributed by atoms with van der Waals surface area (Å²) in [5.74, 6) is 0. The largest absolute Gasteiger partial charge is 0.329 e. The van der Waals surface area contributed by atoms with Crippen molar-refractivity contribution >= 4 is 11.8 Å². The Morgan fingerprint density at radius 2 is 1.75 bits per heavy atom. The molecule has 0 amide bonds. The molecule has 1 aromatic rings. The summed E-state index contributed by atoms with van der Waals surface area (Å²) >= 11 is 1.89. The number of hydrogen-bond acceptors (Lipinski definition) is 3. The molecule has 3 heteroatoms. The van der Waals surface area contributed by atoms with Gasteiger partial charge in [-0.15, -0.1) is 11.8 Å². The molecule has 0 aliphatic rings. The summed E-state index contributed by atoms with van der Waals surface area (Å²) < 4.78 is 0. The molecule has 0 saturated heterocycles. The van der Waals surface area contributed by atoms with Crippen molar-refractivity contribution in [2.45, 2.75) is 30.0 Å². The molecule has 0 fully saturated rings. The van der Waals surface area contributed by atoms with E-state index in [4.69, 9.17) is 5.73 Å². The SMILES string of the molecule is CC(C)Sc1ccc(C(CN)N(C)C)cc1. The van der Waals surface area contributed by atoms with Gasteiger partial charge in [0.05, 0.1) is 0 Å². The fraction of sp³-hybridized carbons (Fsp3) is 0.538. The monoisotopic (exact) mass is 238 g/mol. The minimum atomic E-state index is 0.318. The van der Waals surface area contributed by atoms with Crippen LogP contribution in [0.15, 0.2) is 29.2 Å². The van der Waals surface area contributed by atoms with Gasteiger partial charge in [-0.1, -0.05) is 26.0 Å². The van der Waals surface area contributed by atoms with Crippen LogP contribution >= 0.6 is 11.8 Å². The molecular formula is C13H22N2S. The average Bonchev–Trinajstić information content (AvgIpc) is 2.20. The topological polar surface area (TPSA) is 29.3 Å². The molecule has 0 saturated carbocycles. The lowest BCUT2D eigenvalue weighted by Crippen LogP contribution is -2.27. The van der Waals surface area contributed by atoms with Crippen molar-refractivity contribution in [3.8, 4) is 0 Å². The van der Waals surface area contributed by atoms with Crippen molar-refractivity contribution in [1.82, 2.24) is 4.90 Å². The average molecular weight is 238 g/mol. The van der Waals surface area contributed by atoms with Gasteiger partial charge in [-0.2, -0.15) is 0 Å². The molecule has 2 N–H and O–H groups in total. The zero-order chi connectivity index (χ0) is 12.1. The van der Waals surface area contributed by atoms with Gasteiger partial charge in [0, 0.05) is 22.7 Å². The van der Waals surface area contributed by atoms with E-state index in [1.807, 2.05) is 11.8 Å². The van der Waals surface area contributed by atoms with Crippen LogP contribution in [-0.4, -0.2) is 30.8 Å². The van der Waals surface area contributed by atoms with Crippen LogP contribution in [0, 0.1) is 0 Å². The third-order valence-electron chi connectivity index (χ3n) is 2.48. The Balaban J connectivity index is 2.77. The quantitative estimate of drug-likeness (QED) is 0.800. The van der Waals surface area contributed by atoms with E-state index in [1.54, 1.807) is 0 Å². The Hall–Kier alpha value is -0.510. The van der Waals surface area contributed by atoms with E-state index in [0.29, 0.717) is 17.8 Å². The highest BCUT2D eigenvalue weighted by Crippen LogP contribution is 2.25. The number of nitrogens with zero attached hydrogens (tertiary/aromatic N) is 1. The summed E-state index contributed by atoms with van der Waals surface area (Å²) in [5, 5.41) is 0.630. The Morgan fingerprint density at radius 3 is 2.12 bits per heavy atom. The number of benzene rings is 1. The Labute approximate surface area is 103 Å². The molecule has 1 unspecified atom stereocenters. The summed E-state index contributed by atoms with van der Waals surface area (Å²) in [6, 6.07) is 9.06. The maximum Gasteiger partial charge on any atom is 0.0464 e. The van der Waals surface area contributed by atoms with Crippen LogP contribution in [0.4, 0.5) is 0 Å². The molecule has 0 radical (unpaired) electrons. The van der Waals surface area contributed by atoms with Crippen LogP contribution < -0.4 is 5.73 Å². The molecule has 0 spiro atoms. The third-order valence-corrected chi connectivity index (χ3v) is 3.50. The van der Waals surface area contributed by atoms with E-state index in [9.17, 15) is 0 Å². The zero-order valence-corrected chi connectivity index (χ0v) is 11.4. The van der Waals surface area contributed by atoms with Gasteiger partial charge in [0.2, 0.25) is 0 Å². The number of nitrogens with two attached hydrogens (primary N) is 1. The van der Waals surface area contributed by atoms with Crippen molar-refractivity contribution < 1.29 is 0 Å². The summed E-state index contributed by atoms with van der Waals surface area (Å²) in [7, 11) is 4.13. The molecule has 0 aromatic heterocycles. The smallest absolute Gasteiger partial charge is 0.0464 e. The van der Waals surface area contributed by atoms with E-state index in [1.165, 1.54) is 10.5 Å². The first-order chi connectivity index (χ1) is 7.54. The van der Waals surface area contributed by atoms with E-state index in [0.717, 1.165) is 0 Å². The second-order valence-corrected chi connectivity index (χ2v) is 6.10. The van der Waals surface area contributed by atoms with Crippen molar-refractivity contribution in [2.24, 2.45) is 5.73 Å². The second-order valence-electron chi connectivity index (χ2n) is 4.45. The maximum atomic E-state index is 5.78. The highest BCUT2D eigenvalue weighted by molar-refractivity contribution is 7.99. The Bertz CT molecular complexity index is 306. The fourth-order valence-corrected chi connectivity index (χ4v) is 2.52. The Kier molecular flexibility index (Phi) is 5.32. The molecule has 0 aliphatic carbocycles. The van der Waals surface area contributed by atoms with Crippen LogP contribution in [0.2, 0.25) is 0 Å². The molecule has 16 heavy (non-hydrogen) atoms. The van der Waals surface area contributed by atoms with Crippen LogP contribution in [0.5, 0.6) is 0 Å². The summed E-state index contributed by atoms with van der Waals surface area (Å²) in [6.45, 7) is 5.08.